The van der Waals surface area contributed by atoms with E-state index in [4.69, 9.17) is 9.15 Å². The van der Waals surface area contributed by atoms with Gasteiger partial charge in [0.2, 0.25) is 0 Å². The van der Waals surface area contributed by atoms with Gasteiger partial charge >= 0.3 is 12.0 Å². The molecule has 0 bridgehead atoms. The molecule has 0 spiro atoms. The minimum absolute atomic E-state index is 0.104. The van der Waals surface area contributed by atoms with Crippen LogP contribution in [0.15, 0.2) is 39.7 Å². The van der Waals surface area contributed by atoms with Crippen LogP contribution in [-0.2, 0) is 22.6 Å². The molecule has 0 radical (unpaired) electrons. The Morgan fingerprint density at radius 1 is 1.27 bits per heavy atom. The normalized spacial score (nSPS) is 10.2. The van der Waals surface area contributed by atoms with Crippen LogP contribution in [0.2, 0.25) is 0 Å². The number of ether oxygens (including phenoxy) is 1. The van der Waals surface area contributed by atoms with Crippen LogP contribution in [0.25, 0.3) is 0 Å². The van der Waals surface area contributed by atoms with Gasteiger partial charge in [0.1, 0.15) is 5.76 Å². The second-order valence-corrected chi connectivity index (χ2v) is 5.17. The molecule has 0 fully saturated rings. The molecule has 0 atom stereocenters. The Morgan fingerprint density at radius 3 is 2.77 bits per heavy atom. The highest BCUT2D eigenvalue weighted by Crippen LogP contribution is 1.98. The first-order valence-corrected chi connectivity index (χ1v) is 7.85. The Hall–Kier alpha value is -3.43. The lowest BCUT2D eigenvalue weighted by Gasteiger charge is -2.07. The number of hydrogen-bond acceptors (Lipinski definition) is 7. The SMILES string of the molecule is CCCn1nc(C(=O)OCC(=O)NC(=O)NCc2ccco2)ccc1=O. The molecule has 138 valence electrons. The van der Waals surface area contributed by atoms with Crippen LogP contribution in [0.1, 0.15) is 29.6 Å². The molecule has 0 aliphatic carbocycles. The molecule has 26 heavy (non-hydrogen) atoms. The number of furan rings is 1. The van der Waals surface area contributed by atoms with E-state index in [0.29, 0.717) is 18.7 Å². The molecule has 0 aliphatic heterocycles. The van der Waals surface area contributed by atoms with Gasteiger partial charge < -0.3 is 14.5 Å². The molecule has 2 aromatic heterocycles. The van der Waals surface area contributed by atoms with Gasteiger partial charge in [-0.25, -0.2) is 14.3 Å². The van der Waals surface area contributed by atoms with E-state index in [1.54, 1.807) is 12.1 Å². The maximum atomic E-state index is 11.9. The standard InChI is InChI=1S/C16H18N4O6/c1-2-7-20-14(22)6-5-12(19-20)15(23)26-10-13(21)18-16(24)17-9-11-4-3-8-25-11/h3-6,8H,2,7,9-10H2,1H3,(H2,17,18,21,24). The zero-order valence-corrected chi connectivity index (χ0v) is 14.1. The third-order valence-electron chi connectivity index (χ3n) is 3.10. The molecule has 0 saturated carbocycles. The van der Waals surface area contributed by atoms with E-state index in [1.165, 1.54) is 18.4 Å². The fraction of sp³-hybridized carbons (Fsp3) is 0.312. The molecule has 0 unspecified atom stereocenters. The van der Waals surface area contributed by atoms with Gasteiger partial charge in [-0.2, -0.15) is 5.10 Å². The lowest BCUT2D eigenvalue weighted by Crippen LogP contribution is -2.41. The van der Waals surface area contributed by atoms with Crippen LogP contribution in [0, 0.1) is 0 Å². The minimum Gasteiger partial charge on any atom is -0.467 e. The summed E-state index contributed by atoms with van der Waals surface area (Å²) in [6, 6.07) is 4.98. The number of urea groups is 1. The van der Waals surface area contributed by atoms with Crippen LogP contribution in [0.4, 0.5) is 4.79 Å². The first kappa shape index (κ1) is 18.9. The topological polar surface area (TPSA) is 133 Å². The number of aromatic nitrogens is 2. The van der Waals surface area contributed by atoms with Crippen molar-refractivity contribution in [3.63, 3.8) is 0 Å². The molecule has 10 heteroatoms. The van der Waals surface area contributed by atoms with Crippen LogP contribution in [0.5, 0.6) is 0 Å². The van der Waals surface area contributed by atoms with Crippen LogP contribution < -0.4 is 16.2 Å². The summed E-state index contributed by atoms with van der Waals surface area (Å²) in [7, 11) is 0. The number of carbonyl (C=O) groups excluding carboxylic acids is 3. The summed E-state index contributed by atoms with van der Waals surface area (Å²) in [5.74, 6) is -1.16. The summed E-state index contributed by atoms with van der Waals surface area (Å²) in [6.45, 7) is 1.66. The highest BCUT2D eigenvalue weighted by Gasteiger charge is 2.14. The van der Waals surface area contributed by atoms with E-state index in [2.05, 4.69) is 10.4 Å². The van der Waals surface area contributed by atoms with Gasteiger partial charge in [0.15, 0.2) is 12.3 Å². The molecule has 0 saturated heterocycles. The van der Waals surface area contributed by atoms with E-state index < -0.39 is 24.5 Å². The Bertz CT molecular complexity index is 828. The number of nitrogens with one attached hydrogen (secondary N) is 2. The third kappa shape index (κ3) is 5.58. The molecule has 0 aliphatic rings. The molecule has 2 rings (SSSR count). The first-order chi connectivity index (χ1) is 12.5. The smallest absolute Gasteiger partial charge is 0.359 e. The number of aryl methyl sites for hydroxylation is 1. The lowest BCUT2D eigenvalue weighted by molar-refractivity contribution is -0.123. The number of amides is 3. The molecule has 10 nitrogen and oxygen atoms in total. The predicted octanol–water partition coefficient (Wildman–Crippen LogP) is 0.429. The van der Waals surface area contributed by atoms with Crippen molar-refractivity contribution in [3.8, 4) is 0 Å². The Kier molecular flexibility index (Phi) is 6.66. The number of hydrogen-bond donors (Lipinski definition) is 2. The highest BCUT2D eigenvalue weighted by atomic mass is 16.5. The first-order valence-electron chi connectivity index (χ1n) is 7.85. The average molecular weight is 362 g/mol. The Labute approximate surface area is 148 Å². The number of carbonyl (C=O) groups is 3. The van der Waals surface area contributed by atoms with Gasteiger partial charge in [0.25, 0.3) is 11.5 Å². The molecule has 0 aromatic carbocycles. The number of esters is 1. The fourth-order valence-electron chi connectivity index (χ4n) is 1.92. The van der Waals surface area contributed by atoms with Crippen molar-refractivity contribution in [2.45, 2.75) is 26.4 Å². The maximum absolute atomic E-state index is 11.9. The lowest BCUT2D eigenvalue weighted by atomic mass is 10.4. The average Bonchev–Trinajstić information content (AvgIpc) is 3.13. The van der Waals surface area contributed by atoms with Crippen molar-refractivity contribution in [1.29, 1.82) is 0 Å². The van der Waals surface area contributed by atoms with Gasteiger partial charge in [-0.15, -0.1) is 0 Å². The predicted molar refractivity (Wildman–Crippen MR) is 88.2 cm³/mol. The van der Waals surface area contributed by atoms with Gasteiger partial charge in [-0.1, -0.05) is 6.92 Å². The zero-order chi connectivity index (χ0) is 18.9. The maximum Gasteiger partial charge on any atom is 0.359 e. The minimum atomic E-state index is -0.874. The third-order valence-corrected chi connectivity index (χ3v) is 3.10. The molecule has 2 N–H and O–H groups in total. The molecule has 3 amide bonds. The van der Waals surface area contributed by atoms with E-state index in [1.807, 2.05) is 12.2 Å². The second kappa shape index (κ2) is 9.16. The Morgan fingerprint density at radius 2 is 2.08 bits per heavy atom. The summed E-state index contributed by atoms with van der Waals surface area (Å²) < 4.78 is 10.9. The van der Waals surface area contributed by atoms with Crippen LogP contribution in [0.3, 0.4) is 0 Å². The summed E-state index contributed by atoms with van der Waals surface area (Å²) in [5, 5.41) is 8.28. The Balaban J connectivity index is 1.79. The number of imide groups is 1. The summed E-state index contributed by atoms with van der Waals surface area (Å²) in [6.07, 6.45) is 2.12. The molecule has 2 heterocycles. The van der Waals surface area contributed by atoms with Crippen LogP contribution in [-0.4, -0.2) is 34.3 Å². The fourth-order valence-corrected chi connectivity index (χ4v) is 1.92. The van der Waals surface area contributed by atoms with Gasteiger partial charge in [-0.3, -0.25) is 14.9 Å². The van der Waals surface area contributed by atoms with Gasteiger partial charge in [0.05, 0.1) is 12.8 Å². The number of rotatable bonds is 7. The van der Waals surface area contributed by atoms with Gasteiger partial charge in [0, 0.05) is 12.6 Å². The van der Waals surface area contributed by atoms with Crippen molar-refractivity contribution in [1.82, 2.24) is 20.4 Å². The highest BCUT2D eigenvalue weighted by molar-refractivity contribution is 5.96. The van der Waals surface area contributed by atoms with Crippen molar-refractivity contribution in [2.24, 2.45) is 0 Å². The monoisotopic (exact) mass is 362 g/mol. The van der Waals surface area contributed by atoms with E-state index >= 15 is 0 Å². The van der Waals surface area contributed by atoms with Crippen molar-refractivity contribution >= 4 is 17.9 Å². The van der Waals surface area contributed by atoms with Gasteiger partial charge in [-0.05, 0) is 24.6 Å². The van der Waals surface area contributed by atoms with Crippen LogP contribution >= 0.6 is 0 Å². The van der Waals surface area contributed by atoms with Crippen molar-refractivity contribution < 1.29 is 23.5 Å². The summed E-state index contributed by atoms with van der Waals surface area (Å²) in [4.78, 5) is 46.6. The summed E-state index contributed by atoms with van der Waals surface area (Å²) >= 11 is 0. The molecule has 2 aromatic rings. The van der Waals surface area contributed by atoms with Crippen molar-refractivity contribution in [2.75, 3.05) is 6.61 Å². The summed E-state index contributed by atoms with van der Waals surface area (Å²) in [5.41, 5.74) is -0.442. The van der Waals surface area contributed by atoms with Crippen molar-refractivity contribution in [3.05, 3.63) is 52.3 Å². The van der Waals surface area contributed by atoms with E-state index in [9.17, 15) is 19.2 Å². The zero-order valence-electron chi connectivity index (χ0n) is 14.1. The van der Waals surface area contributed by atoms with E-state index in [-0.39, 0.29) is 17.8 Å². The molecular formula is C16H18N4O6. The molecular weight excluding hydrogens is 344 g/mol. The quantitative estimate of drug-likeness (QED) is 0.682. The number of nitrogens with zero attached hydrogens (tertiary/aromatic N) is 2. The second-order valence-electron chi connectivity index (χ2n) is 5.17. The largest absolute Gasteiger partial charge is 0.467 e. The van der Waals surface area contributed by atoms with E-state index in [0.717, 1.165) is 4.68 Å².